The quantitative estimate of drug-likeness (QED) is 0.848. The Morgan fingerprint density at radius 2 is 2.00 bits per heavy atom. The van der Waals surface area contributed by atoms with E-state index in [1.54, 1.807) is 19.5 Å². The summed E-state index contributed by atoms with van der Waals surface area (Å²) in [5.74, 6) is 1.49. The zero-order valence-electron chi connectivity index (χ0n) is 12.3. The van der Waals surface area contributed by atoms with E-state index in [1.807, 2.05) is 7.11 Å². The molecule has 5 heteroatoms. The van der Waals surface area contributed by atoms with Crippen LogP contribution in [0.5, 0.6) is 5.88 Å². The fraction of sp³-hybridized carbons (Fsp3) is 0.733. The van der Waals surface area contributed by atoms with Gasteiger partial charge in [-0.05, 0) is 25.7 Å². The Labute approximate surface area is 120 Å². The van der Waals surface area contributed by atoms with Crippen LogP contribution < -0.4 is 9.64 Å². The first-order valence-corrected chi connectivity index (χ1v) is 7.42. The molecular weight excluding hydrogens is 254 g/mol. The minimum atomic E-state index is 0.287. The SMILES string of the molecule is COc1nccnc1N1CCC[C@@]2(CCC[C@H]2OC)C1. The van der Waals surface area contributed by atoms with E-state index in [-0.39, 0.29) is 5.41 Å². The first-order chi connectivity index (χ1) is 9.79. The highest BCUT2D eigenvalue weighted by Crippen LogP contribution is 2.47. The van der Waals surface area contributed by atoms with Crippen LogP contribution in [-0.4, -0.2) is 43.4 Å². The Balaban J connectivity index is 1.85. The highest BCUT2D eigenvalue weighted by atomic mass is 16.5. The molecule has 3 rings (SSSR count). The molecule has 0 bridgehead atoms. The number of nitrogens with zero attached hydrogens (tertiary/aromatic N) is 3. The maximum absolute atomic E-state index is 5.75. The molecule has 2 fully saturated rings. The second kappa shape index (κ2) is 5.56. The van der Waals surface area contributed by atoms with Gasteiger partial charge in [0.05, 0.1) is 13.2 Å². The van der Waals surface area contributed by atoms with Crippen molar-refractivity contribution < 1.29 is 9.47 Å². The fourth-order valence-corrected chi connectivity index (χ4v) is 3.96. The van der Waals surface area contributed by atoms with Gasteiger partial charge in [0.15, 0.2) is 5.82 Å². The van der Waals surface area contributed by atoms with Crippen molar-refractivity contribution in [2.24, 2.45) is 5.41 Å². The number of aromatic nitrogens is 2. The number of methoxy groups -OCH3 is 2. The highest BCUT2D eigenvalue weighted by Gasteiger charge is 2.46. The molecule has 20 heavy (non-hydrogen) atoms. The summed E-state index contributed by atoms with van der Waals surface area (Å²) >= 11 is 0. The van der Waals surface area contributed by atoms with Crippen molar-refractivity contribution in [3.63, 3.8) is 0 Å². The standard InChI is InChI=1S/C15H23N3O2/c1-19-12-5-3-6-15(12)7-4-10-18(11-15)13-14(20-2)17-9-8-16-13/h8-9,12H,3-7,10-11H2,1-2H3/t12-,15+/m1/s1. The summed E-state index contributed by atoms with van der Waals surface area (Å²) in [4.78, 5) is 11.1. The third-order valence-corrected chi connectivity index (χ3v) is 4.86. The van der Waals surface area contributed by atoms with Crippen molar-refractivity contribution in [3.8, 4) is 5.88 Å². The summed E-state index contributed by atoms with van der Waals surface area (Å²) in [6.45, 7) is 2.02. The summed E-state index contributed by atoms with van der Waals surface area (Å²) in [6, 6.07) is 0. The smallest absolute Gasteiger partial charge is 0.257 e. The lowest BCUT2D eigenvalue weighted by Crippen LogP contribution is -2.48. The first-order valence-electron chi connectivity index (χ1n) is 7.42. The lowest BCUT2D eigenvalue weighted by molar-refractivity contribution is 0.00208. The Kier molecular flexibility index (Phi) is 3.78. The molecular formula is C15H23N3O2. The van der Waals surface area contributed by atoms with E-state index in [4.69, 9.17) is 9.47 Å². The summed E-state index contributed by atoms with van der Waals surface area (Å²) in [5, 5.41) is 0. The van der Waals surface area contributed by atoms with E-state index < -0.39 is 0 Å². The van der Waals surface area contributed by atoms with Crippen molar-refractivity contribution in [1.29, 1.82) is 0 Å². The molecule has 1 saturated heterocycles. The largest absolute Gasteiger partial charge is 0.478 e. The van der Waals surface area contributed by atoms with Crippen molar-refractivity contribution in [2.45, 2.75) is 38.2 Å². The molecule has 5 nitrogen and oxygen atoms in total. The summed E-state index contributed by atoms with van der Waals surface area (Å²) < 4.78 is 11.1. The van der Waals surface area contributed by atoms with Gasteiger partial charge in [-0.2, -0.15) is 0 Å². The van der Waals surface area contributed by atoms with Gasteiger partial charge >= 0.3 is 0 Å². The van der Waals surface area contributed by atoms with Crippen LogP contribution in [0.15, 0.2) is 12.4 Å². The van der Waals surface area contributed by atoms with Crippen LogP contribution in [0.3, 0.4) is 0 Å². The molecule has 1 aliphatic carbocycles. The second-order valence-electron chi connectivity index (χ2n) is 5.89. The summed E-state index contributed by atoms with van der Waals surface area (Å²) in [6.07, 6.45) is 9.94. The number of rotatable bonds is 3. The van der Waals surface area contributed by atoms with Gasteiger partial charge in [-0.25, -0.2) is 9.97 Å². The predicted molar refractivity (Wildman–Crippen MR) is 77.1 cm³/mol. The molecule has 0 amide bonds. The molecule has 1 aromatic rings. The van der Waals surface area contributed by atoms with E-state index in [0.29, 0.717) is 12.0 Å². The van der Waals surface area contributed by atoms with Crippen molar-refractivity contribution >= 4 is 5.82 Å². The molecule has 1 saturated carbocycles. The third kappa shape index (κ3) is 2.24. The normalized spacial score (nSPS) is 29.9. The van der Waals surface area contributed by atoms with E-state index in [0.717, 1.165) is 18.9 Å². The zero-order chi connectivity index (χ0) is 14.0. The third-order valence-electron chi connectivity index (χ3n) is 4.86. The van der Waals surface area contributed by atoms with Gasteiger partial charge in [-0.15, -0.1) is 0 Å². The van der Waals surface area contributed by atoms with Crippen LogP contribution in [0.1, 0.15) is 32.1 Å². The average Bonchev–Trinajstić information content (AvgIpc) is 2.89. The minimum absolute atomic E-state index is 0.287. The maximum Gasteiger partial charge on any atom is 0.257 e. The molecule has 2 heterocycles. The number of anilines is 1. The fourth-order valence-electron chi connectivity index (χ4n) is 3.96. The van der Waals surface area contributed by atoms with Crippen molar-refractivity contribution in [3.05, 3.63) is 12.4 Å². The highest BCUT2D eigenvalue weighted by molar-refractivity contribution is 5.48. The molecule has 1 aliphatic heterocycles. The Bertz CT molecular complexity index is 468. The van der Waals surface area contributed by atoms with Gasteiger partial charge in [0.2, 0.25) is 0 Å². The van der Waals surface area contributed by atoms with E-state index in [2.05, 4.69) is 14.9 Å². The minimum Gasteiger partial charge on any atom is -0.478 e. The van der Waals surface area contributed by atoms with E-state index in [9.17, 15) is 0 Å². The number of hydrogen-bond donors (Lipinski definition) is 0. The summed E-state index contributed by atoms with van der Waals surface area (Å²) in [7, 11) is 3.50. The maximum atomic E-state index is 5.75. The van der Waals surface area contributed by atoms with Gasteiger partial charge in [0, 0.05) is 38.0 Å². The van der Waals surface area contributed by atoms with E-state index in [1.165, 1.54) is 32.1 Å². The number of ether oxygens (including phenoxy) is 2. The van der Waals surface area contributed by atoms with Crippen molar-refractivity contribution in [2.75, 3.05) is 32.2 Å². The molecule has 2 atom stereocenters. The monoisotopic (exact) mass is 277 g/mol. The predicted octanol–water partition coefficient (Wildman–Crippen LogP) is 2.27. The van der Waals surface area contributed by atoms with Gasteiger partial charge in [-0.1, -0.05) is 6.42 Å². The lowest BCUT2D eigenvalue weighted by atomic mass is 9.76. The van der Waals surface area contributed by atoms with Crippen LogP contribution in [0.25, 0.3) is 0 Å². The summed E-state index contributed by atoms with van der Waals surface area (Å²) in [5.41, 5.74) is 0.287. The van der Waals surface area contributed by atoms with Crippen LogP contribution in [0.2, 0.25) is 0 Å². The zero-order valence-corrected chi connectivity index (χ0v) is 12.3. The molecule has 1 spiro atoms. The Morgan fingerprint density at radius 3 is 2.80 bits per heavy atom. The number of hydrogen-bond acceptors (Lipinski definition) is 5. The van der Waals surface area contributed by atoms with Gasteiger partial charge in [0.1, 0.15) is 0 Å². The molecule has 0 radical (unpaired) electrons. The number of piperidine rings is 1. The second-order valence-corrected chi connectivity index (χ2v) is 5.89. The molecule has 0 N–H and O–H groups in total. The lowest BCUT2D eigenvalue weighted by Gasteiger charge is -2.44. The molecule has 110 valence electrons. The molecule has 0 unspecified atom stereocenters. The first kappa shape index (κ1) is 13.6. The molecule has 1 aromatic heterocycles. The Hall–Kier alpha value is -1.36. The molecule has 2 aliphatic rings. The van der Waals surface area contributed by atoms with Gasteiger partial charge in [0.25, 0.3) is 5.88 Å². The van der Waals surface area contributed by atoms with Crippen molar-refractivity contribution in [1.82, 2.24) is 9.97 Å². The van der Waals surface area contributed by atoms with Crippen LogP contribution >= 0.6 is 0 Å². The Morgan fingerprint density at radius 1 is 1.20 bits per heavy atom. The average molecular weight is 277 g/mol. The van der Waals surface area contributed by atoms with Crippen LogP contribution in [0.4, 0.5) is 5.82 Å². The van der Waals surface area contributed by atoms with Gasteiger partial charge < -0.3 is 14.4 Å². The van der Waals surface area contributed by atoms with Crippen LogP contribution in [-0.2, 0) is 4.74 Å². The van der Waals surface area contributed by atoms with Crippen LogP contribution in [0, 0.1) is 5.41 Å². The molecule has 0 aromatic carbocycles. The van der Waals surface area contributed by atoms with E-state index >= 15 is 0 Å². The van der Waals surface area contributed by atoms with Gasteiger partial charge in [-0.3, -0.25) is 0 Å². The topological polar surface area (TPSA) is 47.5 Å².